The van der Waals surface area contributed by atoms with Crippen molar-refractivity contribution in [3.8, 4) is 0 Å². The van der Waals surface area contributed by atoms with E-state index in [0.29, 0.717) is 32.2 Å². The van der Waals surface area contributed by atoms with Crippen LogP contribution >= 0.6 is 0 Å². The van der Waals surface area contributed by atoms with Crippen LogP contribution in [0.5, 0.6) is 0 Å². The highest BCUT2D eigenvalue weighted by molar-refractivity contribution is 5.95. The van der Waals surface area contributed by atoms with E-state index < -0.39 is 66.2 Å². The van der Waals surface area contributed by atoms with Crippen LogP contribution in [0.2, 0.25) is 0 Å². The van der Waals surface area contributed by atoms with Gasteiger partial charge in [-0.15, -0.1) is 0 Å². The Morgan fingerprint density at radius 3 is 1.47 bits per heavy atom. The third-order valence-corrected chi connectivity index (χ3v) is 10.1. The maximum atomic E-state index is 13.8. The summed E-state index contributed by atoms with van der Waals surface area (Å²) in [4.78, 5) is 93.4. The summed E-state index contributed by atoms with van der Waals surface area (Å²) in [5.41, 5.74) is 16.5. The molecule has 0 bridgehead atoms. The number of carboxylic acids is 2. The molecular formula is C41H75N7O9. The van der Waals surface area contributed by atoms with E-state index >= 15 is 0 Å². The monoisotopic (exact) mass is 810 g/mol. The molecule has 0 aliphatic rings. The number of aliphatic imine (C=N–C) groups is 1. The molecular weight excluding hydrogens is 734 g/mol. The molecule has 0 aromatic carbocycles. The minimum Gasteiger partial charge on any atom is -0.481 e. The number of aliphatic carboxylic acids is 2. The fourth-order valence-corrected chi connectivity index (χ4v) is 6.73. The molecule has 4 atom stereocenters. The van der Waals surface area contributed by atoms with Gasteiger partial charge in [-0.05, 0) is 51.5 Å². The molecule has 16 heteroatoms. The van der Waals surface area contributed by atoms with Gasteiger partial charge in [-0.1, -0.05) is 90.4 Å². The van der Waals surface area contributed by atoms with Crippen LogP contribution in [0.4, 0.5) is 0 Å². The smallest absolute Gasteiger partial charge is 0.303 e. The second kappa shape index (κ2) is 34.0. The Balaban J connectivity index is 5.64. The van der Waals surface area contributed by atoms with E-state index in [0.717, 1.165) is 25.7 Å². The lowest BCUT2D eigenvalue weighted by Crippen LogP contribution is -2.47. The van der Waals surface area contributed by atoms with E-state index in [1.165, 1.54) is 58.4 Å². The number of Topliss-reactive ketones (excluding diaryl/α,β-unsaturated/α-hetero) is 2. The average Bonchev–Trinajstić information content (AvgIpc) is 3.16. The molecule has 0 aromatic rings. The number of nitrogens with two attached hydrogens (primary N) is 3. The van der Waals surface area contributed by atoms with Gasteiger partial charge >= 0.3 is 11.9 Å². The standard InChI is InChI=1S/C41H75N7O9/c1-3-4-5-6-7-8-9-10-11-12-13-14-15-21-36(51)47-32(22-24-37(52)53)34(49)29-31(20-18-27-46-41(43)44)40(57)48-33(23-25-38(54)55)35(50)28-30(39(56)45-2)19-16-17-26-42/h30-33H,3-29,42H2,1-2H3,(H,45,56)(H,47,51)(H,48,57)(H,52,53)(H,54,55)(H4,43,44,46)/t30-,31-,32+,33+/m1/s1. The van der Waals surface area contributed by atoms with Crippen molar-refractivity contribution in [2.24, 2.45) is 34.0 Å². The molecule has 0 radical (unpaired) electrons. The molecule has 0 aliphatic heterocycles. The van der Waals surface area contributed by atoms with Crippen LogP contribution in [-0.2, 0) is 33.6 Å². The highest BCUT2D eigenvalue weighted by atomic mass is 16.4. The molecule has 0 saturated heterocycles. The minimum atomic E-state index is -1.26. The van der Waals surface area contributed by atoms with Crippen molar-refractivity contribution in [2.45, 2.75) is 180 Å². The molecule has 328 valence electrons. The van der Waals surface area contributed by atoms with E-state index in [9.17, 15) is 43.8 Å². The van der Waals surface area contributed by atoms with E-state index in [1.807, 2.05) is 0 Å². The highest BCUT2D eigenvalue weighted by Crippen LogP contribution is 2.20. The molecule has 3 amide bonds. The lowest BCUT2D eigenvalue weighted by Gasteiger charge is -2.24. The van der Waals surface area contributed by atoms with Gasteiger partial charge in [0.15, 0.2) is 17.5 Å². The van der Waals surface area contributed by atoms with Crippen LogP contribution in [-0.4, -0.2) is 89.6 Å². The van der Waals surface area contributed by atoms with Crippen molar-refractivity contribution in [2.75, 3.05) is 20.1 Å². The van der Waals surface area contributed by atoms with Gasteiger partial charge in [-0.25, -0.2) is 0 Å². The topological polar surface area (TPSA) is 286 Å². The third-order valence-electron chi connectivity index (χ3n) is 10.1. The van der Waals surface area contributed by atoms with Gasteiger partial charge in [0.2, 0.25) is 17.7 Å². The molecule has 16 nitrogen and oxygen atoms in total. The number of guanidine groups is 1. The zero-order valence-corrected chi connectivity index (χ0v) is 34.8. The van der Waals surface area contributed by atoms with Gasteiger partial charge in [0, 0.05) is 57.5 Å². The fraction of sp³-hybridized carbons (Fsp3) is 0.805. The molecule has 0 aliphatic carbocycles. The number of unbranched alkanes of at least 4 members (excludes halogenated alkanes) is 13. The predicted octanol–water partition coefficient (Wildman–Crippen LogP) is 4.25. The van der Waals surface area contributed by atoms with Gasteiger partial charge in [0.05, 0.1) is 12.1 Å². The first kappa shape index (κ1) is 52.9. The quantitative estimate of drug-likeness (QED) is 0.0247. The Bertz CT molecular complexity index is 1230. The molecule has 0 unspecified atom stereocenters. The number of ketones is 2. The summed E-state index contributed by atoms with van der Waals surface area (Å²) in [5.74, 6) is -6.79. The molecule has 0 saturated carbocycles. The first-order chi connectivity index (χ1) is 27.2. The number of carbonyl (C=O) groups excluding carboxylic acids is 5. The van der Waals surface area contributed by atoms with Gasteiger partial charge < -0.3 is 43.4 Å². The van der Waals surface area contributed by atoms with Crippen LogP contribution in [0, 0.1) is 11.8 Å². The Labute approximate surface area is 340 Å². The maximum Gasteiger partial charge on any atom is 0.303 e. The molecule has 57 heavy (non-hydrogen) atoms. The van der Waals surface area contributed by atoms with Crippen molar-refractivity contribution in [3.05, 3.63) is 0 Å². The van der Waals surface area contributed by atoms with Crippen molar-refractivity contribution < 1.29 is 43.8 Å². The number of amides is 3. The second-order valence-corrected chi connectivity index (χ2v) is 15.1. The van der Waals surface area contributed by atoms with Gasteiger partial charge in [-0.2, -0.15) is 0 Å². The summed E-state index contributed by atoms with van der Waals surface area (Å²) in [6.07, 6.45) is 15.2. The van der Waals surface area contributed by atoms with Crippen LogP contribution < -0.4 is 33.2 Å². The Hall–Kier alpha value is -4.08. The lowest BCUT2D eigenvalue weighted by molar-refractivity contribution is -0.138. The molecule has 0 rings (SSSR count). The van der Waals surface area contributed by atoms with Crippen LogP contribution in [0.3, 0.4) is 0 Å². The van der Waals surface area contributed by atoms with Crippen molar-refractivity contribution >= 4 is 47.2 Å². The summed E-state index contributed by atoms with van der Waals surface area (Å²) in [6.45, 7) is 2.77. The van der Waals surface area contributed by atoms with E-state index in [-0.39, 0.29) is 69.3 Å². The predicted molar refractivity (Wildman–Crippen MR) is 221 cm³/mol. The van der Waals surface area contributed by atoms with E-state index in [4.69, 9.17) is 17.2 Å². The number of nitrogens with zero attached hydrogens (tertiary/aromatic N) is 1. The number of hydrogen-bond donors (Lipinski definition) is 8. The first-order valence-electron chi connectivity index (χ1n) is 21.3. The van der Waals surface area contributed by atoms with Gasteiger partial charge in [-0.3, -0.25) is 38.6 Å². The second-order valence-electron chi connectivity index (χ2n) is 15.1. The van der Waals surface area contributed by atoms with Crippen LogP contribution in [0.15, 0.2) is 4.99 Å². The SMILES string of the molecule is CCCCCCCCCCCCCCCC(=O)N[C@@H](CCC(=O)O)C(=O)C[C@@H](CCCN=C(N)N)C(=O)N[C@@H](CCC(=O)O)C(=O)C[C@@H](CCCCN)C(=O)NC. The molecule has 11 N–H and O–H groups in total. The van der Waals surface area contributed by atoms with Gasteiger partial charge in [0.25, 0.3) is 0 Å². The van der Waals surface area contributed by atoms with Crippen molar-refractivity contribution in [1.82, 2.24) is 16.0 Å². The summed E-state index contributed by atoms with van der Waals surface area (Å²) in [7, 11) is 1.45. The number of nitrogens with one attached hydrogen (secondary N) is 3. The average molecular weight is 810 g/mol. The van der Waals surface area contributed by atoms with Gasteiger partial charge in [0.1, 0.15) is 0 Å². The maximum absolute atomic E-state index is 13.8. The lowest BCUT2D eigenvalue weighted by atomic mass is 9.89. The fourth-order valence-electron chi connectivity index (χ4n) is 6.73. The number of carbonyl (C=O) groups is 7. The first-order valence-corrected chi connectivity index (χ1v) is 21.3. The van der Waals surface area contributed by atoms with Crippen LogP contribution in [0.1, 0.15) is 167 Å². The van der Waals surface area contributed by atoms with Crippen LogP contribution in [0.25, 0.3) is 0 Å². The Morgan fingerprint density at radius 1 is 0.561 bits per heavy atom. The molecule has 0 heterocycles. The highest BCUT2D eigenvalue weighted by Gasteiger charge is 2.32. The van der Waals surface area contributed by atoms with E-state index in [1.54, 1.807) is 0 Å². The molecule has 0 fully saturated rings. The zero-order valence-electron chi connectivity index (χ0n) is 34.8. The molecule has 0 spiro atoms. The zero-order chi connectivity index (χ0) is 42.8. The summed E-state index contributed by atoms with van der Waals surface area (Å²) in [6, 6.07) is -2.41. The van der Waals surface area contributed by atoms with Crippen molar-refractivity contribution in [3.63, 3.8) is 0 Å². The number of carboxylic acid groups (broad SMARTS) is 2. The van der Waals surface area contributed by atoms with Crippen molar-refractivity contribution in [1.29, 1.82) is 0 Å². The third kappa shape index (κ3) is 28.9. The Kier molecular flexibility index (Phi) is 31.6. The Morgan fingerprint density at radius 2 is 1.02 bits per heavy atom. The number of hydrogen-bond acceptors (Lipinski definition) is 9. The summed E-state index contributed by atoms with van der Waals surface area (Å²) in [5, 5.41) is 26.6. The normalized spacial score (nSPS) is 13.1. The minimum absolute atomic E-state index is 0.0900. The largest absolute Gasteiger partial charge is 0.481 e. The summed E-state index contributed by atoms with van der Waals surface area (Å²) >= 11 is 0. The molecule has 0 aromatic heterocycles. The van der Waals surface area contributed by atoms with E-state index in [2.05, 4.69) is 27.9 Å². The summed E-state index contributed by atoms with van der Waals surface area (Å²) < 4.78 is 0. The number of rotatable bonds is 38.